The Morgan fingerprint density at radius 3 is 1.33 bits per heavy atom. The van der Waals surface area contributed by atoms with Gasteiger partial charge in [0.2, 0.25) is 0 Å². The molecule has 43 heavy (non-hydrogen) atoms. The van der Waals surface area contributed by atoms with Crippen molar-refractivity contribution in [3.05, 3.63) is 11.6 Å². The van der Waals surface area contributed by atoms with Gasteiger partial charge in [-0.25, -0.2) is 0 Å². The van der Waals surface area contributed by atoms with Gasteiger partial charge in [-0.1, -0.05) is 134 Å². The Hall–Kier alpha value is -0.300. The van der Waals surface area contributed by atoms with Gasteiger partial charge in [-0.15, -0.1) is 0 Å². The van der Waals surface area contributed by atoms with E-state index in [0.29, 0.717) is 16.4 Å². The summed E-state index contributed by atoms with van der Waals surface area (Å²) in [5.74, 6) is 7.34. The molecule has 5 aliphatic carbocycles. The van der Waals surface area contributed by atoms with Crippen LogP contribution < -0.4 is 0 Å². The minimum Gasteiger partial charge on any atom is -0.298 e. The van der Waals surface area contributed by atoms with Crippen LogP contribution in [0.4, 0.5) is 0 Å². The van der Waals surface area contributed by atoms with Gasteiger partial charge in [-0.2, -0.15) is 0 Å². The zero-order valence-electron chi connectivity index (χ0n) is 32.0. The lowest BCUT2D eigenvalue weighted by Gasteiger charge is -2.32. The average Bonchev–Trinajstić information content (AvgIpc) is 3.72. The molecule has 0 bridgehead atoms. The van der Waals surface area contributed by atoms with E-state index in [1.807, 2.05) is 41.5 Å². The summed E-state index contributed by atoms with van der Waals surface area (Å²) in [6.45, 7) is 36.0. The van der Waals surface area contributed by atoms with E-state index in [2.05, 4.69) is 73.3 Å². The number of allylic oxidation sites excluding steroid dienone is 2. The summed E-state index contributed by atoms with van der Waals surface area (Å²) in [4.78, 5) is 2.67. The van der Waals surface area contributed by atoms with Gasteiger partial charge in [0, 0.05) is 18.6 Å². The SMILES string of the molecule is C.CC.CC.CC.CC(C)(C)C1=CC2CCCC2C1.CC(C)(C)C1CC2CCCC2C1.CC(C)(C)N1CC2CCCC2C1. The molecule has 4 saturated carbocycles. The van der Waals surface area contributed by atoms with Crippen molar-refractivity contribution in [3.63, 3.8) is 0 Å². The molecule has 6 aliphatic rings. The third-order valence-electron chi connectivity index (χ3n) is 11.5. The topological polar surface area (TPSA) is 3.24 Å². The molecule has 1 aliphatic heterocycles. The fourth-order valence-electron chi connectivity index (χ4n) is 8.75. The van der Waals surface area contributed by atoms with E-state index in [4.69, 9.17) is 0 Å². The predicted octanol–water partition coefficient (Wildman–Crippen LogP) is 13.9. The summed E-state index contributed by atoms with van der Waals surface area (Å²) in [6.07, 6.45) is 20.6. The molecule has 258 valence electrons. The molecule has 0 radical (unpaired) electrons. The normalized spacial score (nSPS) is 32.3. The van der Waals surface area contributed by atoms with E-state index in [0.717, 1.165) is 41.4 Å². The Morgan fingerprint density at radius 1 is 0.558 bits per heavy atom. The van der Waals surface area contributed by atoms with Crippen LogP contribution in [0.15, 0.2) is 11.6 Å². The highest BCUT2D eigenvalue weighted by Crippen LogP contribution is 2.52. The highest BCUT2D eigenvalue weighted by Gasteiger charge is 2.42. The van der Waals surface area contributed by atoms with Crippen molar-refractivity contribution in [1.29, 1.82) is 0 Å². The third-order valence-corrected chi connectivity index (χ3v) is 11.5. The first kappa shape index (κ1) is 42.7. The zero-order chi connectivity index (χ0) is 32.3. The zero-order valence-corrected chi connectivity index (χ0v) is 32.0. The van der Waals surface area contributed by atoms with Crippen LogP contribution >= 0.6 is 0 Å². The molecular formula is C42H85N. The summed E-state index contributed by atoms with van der Waals surface area (Å²) in [5.41, 5.74) is 3.14. The molecule has 0 aromatic carbocycles. The van der Waals surface area contributed by atoms with Crippen molar-refractivity contribution in [2.45, 2.75) is 194 Å². The summed E-state index contributed by atoms with van der Waals surface area (Å²) in [7, 11) is 0. The van der Waals surface area contributed by atoms with Gasteiger partial charge < -0.3 is 0 Å². The molecule has 6 rings (SSSR count). The lowest BCUT2D eigenvalue weighted by Crippen LogP contribution is -2.39. The van der Waals surface area contributed by atoms with Gasteiger partial charge in [0.15, 0.2) is 0 Å². The predicted molar refractivity (Wildman–Crippen MR) is 199 cm³/mol. The number of nitrogens with zero attached hydrogens (tertiary/aromatic N) is 1. The van der Waals surface area contributed by atoms with E-state index in [9.17, 15) is 0 Å². The molecule has 1 nitrogen and oxygen atoms in total. The van der Waals surface area contributed by atoms with Crippen LogP contribution in [0.5, 0.6) is 0 Å². The molecule has 5 fully saturated rings. The molecule has 0 aromatic rings. The fraction of sp³-hybridized carbons (Fsp3) is 0.952. The van der Waals surface area contributed by atoms with Gasteiger partial charge in [-0.05, 0) is 118 Å². The number of fused-ring (bicyclic) bond motifs is 3. The molecule has 0 N–H and O–H groups in total. The molecule has 0 amide bonds. The van der Waals surface area contributed by atoms with Gasteiger partial charge in [-0.3, -0.25) is 4.90 Å². The van der Waals surface area contributed by atoms with E-state index in [1.54, 1.807) is 5.57 Å². The van der Waals surface area contributed by atoms with Crippen molar-refractivity contribution in [2.75, 3.05) is 13.1 Å². The second-order valence-corrected chi connectivity index (χ2v) is 17.0. The Kier molecular flexibility index (Phi) is 19.2. The first-order valence-corrected chi connectivity index (χ1v) is 19.2. The van der Waals surface area contributed by atoms with Crippen LogP contribution in [-0.2, 0) is 0 Å². The molecule has 1 heterocycles. The molecule has 1 heteroatoms. The molecule has 0 aromatic heterocycles. The van der Waals surface area contributed by atoms with Crippen molar-refractivity contribution >= 4 is 0 Å². The quantitative estimate of drug-likeness (QED) is 0.249. The minimum absolute atomic E-state index is 0. The van der Waals surface area contributed by atoms with E-state index in [-0.39, 0.29) is 7.43 Å². The summed E-state index contributed by atoms with van der Waals surface area (Å²) >= 11 is 0. The van der Waals surface area contributed by atoms with Gasteiger partial charge >= 0.3 is 0 Å². The van der Waals surface area contributed by atoms with Crippen LogP contribution in [0.1, 0.15) is 188 Å². The lowest BCUT2D eigenvalue weighted by molar-refractivity contribution is 0.161. The second kappa shape index (κ2) is 19.4. The van der Waals surface area contributed by atoms with Gasteiger partial charge in [0.1, 0.15) is 0 Å². The minimum atomic E-state index is 0. The number of rotatable bonds is 0. The van der Waals surface area contributed by atoms with Crippen LogP contribution in [-0.4, -0.2) is 23.5 Å². The maximum Gasteiger partial charge on any atom is 0.0125 e. The molecular weight excluding hydrogens is 518 g/mol. The maximum absolute atomic E-state index is 2.67. The Bertz CT molecular complexity index is 676. The maximum atomic E-state index is 2.67. The molecule has 0 spiro atoms. The summed E-state index contributed by atoms with van der Waals surface area (Å²) < 4.78 is 0. The number of likely N-dealkylation sites (tertiary alicyclic amines) is 1. The van der Waals surface area contributed by atoms with Gasteiger partial charge in [0.05, 0.1) is 0 Å². The number of hydrogen-bond donors (Lipinski definition) is 0. The van der Waals surface area contributed by atoms with Crippen molar-refractivity contribution in [3.8, 4) is 0 Å². The van der Waals surface area contributed by atoms with Crippen LogP contribution in [0.3, 0.4) is 0 Å². The second-order valence-electron chi connectivity index (χ2n) is 17.0. The Morgan fingerprint density at radius 2 is 0.953 bits per heavy atom. The standard InChI is InChI=1S/C12H22.C12H20.C11H21N.3C2H6.CH4/c2*1-12(2,3)11-7-9-5-4-6-10(9)8-11;1-11(2,3)12-7-9-5-4-6-10(9)8-12;3*1-2;/h9-11H,4-8H2,1-3H3;7,9-10H,4-6,8H2,1-3H3;9-10H,4-8H2,1-3H3;3*1-2H3;1H4. The first-order chi connectivity index (χ1) is 19.7. The third kappa shape index (κ3) is 12.8. The number of hydrogen-bond acceptors (Lipinski definition) is 1. The van der Waals surface area contributed by atoms with Crippen LogP contribution in [0, 0.1) is 52.3 Å². The van der Waals surface area contributed by atoms with Crippen LogP contribution in [0.2, 0.25) is 0 Å². The van der Waals surface area contributed by atoms with Crippen LogP contribution in [0.25, 0.3) is 0 Å². The average molecular weight is 604 g/mol. The van der Waals surface area contributed by atoms with Crippen molar-refractivity contribution in [2.24, 2.45) is 52.3 Å². The summed E-state index contributed by atoms with van der Waals surface area (Å²) in [6, 6.07) is 0. The van der Waals surface area contributed by atoms with E-state index >= 15 is 0 Å². The largest absolute Gasteiger partial charge is 0.298 e. The first-order valence-electron chi connectivity index (χ1n) is 19.2. The molecule has 6 atom stereocenters. The monoisotopic (exact) mass is 604 g/mol. The van der Waals surface area contributed by atoms with E-state index in [1.165, 1.54) is 90.1 Å². The van der Waals surface area contributed by atoms with Crippen molar-refractivity contribution in [1.82, 2.24) is 4.90 Å². The fourth-order valence-corrected chi connectivity index (χ4v) is 8.75. The van der Waals surface area contributed by atoms with Gasteiger partial charge in [0.25, 0.3) is 0 Å². The molecule has 6 unspecified atom stereocenters. The highest BCUT2D eigenvalue weighted by molar-refractivity contribution is 5.20. The lowest BCUT2D eigenvalue weighted by atomic mass is 9.78. The highest BCUT2D eigenvalue weighted by atomic mass is 15.2. The Balaban J connectivity index is 0.000000559. The summed E-state index contributed by atoms with van der Waals surface area (Å²) in [5, 5.41) is 0. The molecule has 1 saturated heterocycles. The van der Waals surface area contributed by atoms with E-state index < -0.39 is 0 Å². The van der Waals surface area contributed by atoms with Crippen molar-refractivity contribution < 1.29 is 0 Å². The Labute approximate surface area is 275 Å². The smallest absolute Gasteiger partial charge is 0.0125 e.